The Labute approximate surface area is 180 Å². The Morgan fingerprint density at radius 1 is 1.20 bits per heavy atom. The van der Waals surface area contributed by atoms with E-state index in [-0.39, 0.29) is 17.7 Å². The van der Waals surface area contributed by atoms with Gasteiger partial charge in [-0.1, -0.05) is 26.2 Å². The summed E-state index contributed by atoms with van der Waals surface area (Å²) in [5.41, 5.74) is 2.36. The average molecular weight is 414 g/mol. The van der Waals surface area contributed by atoms with E-state index in [2.05, 4.69) is 31.0 Å². The van der Waals surface area contributed by atoms with Crippen molar-refractivity contribution >= 4 is 11.8 Å². The molecular weight excluding hydrogens is 378 g/mol. The second kappa shape index (κ2) is 13.0. The van der Waals surface area contributed by atoms with Gasteiger partial charge in [-0.2, -0.15) is 0 Å². The first kappa shape index (κ1) is 23.9. The Bertz CT molecular complexity index is 759. The van der Waals surface area contributed by atoms with Crippen molar-refractivity contribution in [3.8, 4) is 11.8 Å². The summed E-state index contributed by atoms with van der Waals surface area (Å²) in [6, 6.07) is 3.73. The van der Waals surface area contributed by atoms with Crippen LogP contribution in [0.5, 0.6) is 0 Å². The molecule has 2 amide bonds. The third kappa shape index (κ3) is 7.46. The van der Waals surface area contributed by atoms with Gasteiger partial charge in [-0.05, 0) is 50.7 Å². The van der Waals surface area contributed by atoms with Crippen molar-refractivity contribution in [2.24, 2.45) is 0 Å². The summed E-state index contributed by atoms with van der Waals surface area (Å²) in [6.45, 7) is 9.09. The van der Waals surface area contributed by atoms with Gasteiger partial charge in [0.1, 0.15) is 0 Å². The summed E-state index contributed by atoms with van der Waals surface area (Å²) < 4.78 is 5.43. The Balaban J connectivity index is 1.96. The number of hydrogen-bond donors (Lipinski definition) is 1. The third-order valence-corrected chi connectivity index (χ3v) is 5.21. The Kier molecular flexibility index (Phi) is 10.4. The number of unbranched alkanes of at least 4 members (excludes halogenated alkanes) is 2. The summed E-state index contributed by atoms with van der Waals surface area (Å²) in [6.07, 6.45) is 5.42. The summed E-state index contributed by atoms with van der Waals surface area (Å²) in [4.78, 5) is 31.5. The van der Waals surface area contributed by atoms with Gasteiger partial charge in [0, 0.05) is 44.3 Å². The maximum Gasteiger partial charge on any atom is 0.298 e. The number of hydrogen-bond acceptors (Lipinski definition) is 4. The standard InChI is InChI=1S/C24H35N3O3/c1-4-6-7-8-9-22(28)27-15-12-20(13-16-27)23-21(11-10-19(3)26-23)24(29)25-14-18-30-17-5-2/h10-11,20H,4-7,12-18H2,1-3H3,(H,25,29). The third-order valence-electron chi connectivity index (χ3n) is 5.21. The molecule has 2 rings (SSSR count). The van der Waals surface area contributed by atoms with Crippen molar-refractivity contribution in [3.05, 3.63) is 29.1 Å². The molecule has 0 unspecified atom stereocenters. The van der Waals surface area contributed by atoms with Gasteiger partial charge in [0.2, 0.25) is 0 Å². The van der Waals surface area contributed by atoms with Gasteiger partial charge in [0.25, 0.3) is 11.8 Å². The molecule has 1 saturated heterocycles. The lowest BCUT2D eigenvalue weighted by atomic mass is 9.89. The Hall–Kier alpha value is -2.39. The fourth-order valence-electron chi connectivity index (χ4n) is 3.50. The van der Waals surface area contributed by atoms with Crippen LogP contribution in [-0.4, -0.2) is 54.5 Å². The fraction of sp³-hybridized carbons (Fsp3) is 0.625. The molecule has 0 bridgehead atoms. The normalized spacial score (nSPS) is 14.2. The number of ether oxygens (including phenoxy) is 1. The van der Waals surface area contributed by atoms with E-state index in [0.717, 1.165) is 49.9 Å². The summed E-state index contributed by atoms with van der Waals surface area (Å²) in [5.74, 6) is 5.70. The average Bonchev–Trinajstić information content (AvgIpc) is 2.76. The van der Waals surface area contributed by atoms with Gasteiger partial charge < -0.3 is 15.0 Å². The topological polar surface area (TPSA) is 71.5 Å². The second-order valence-corrected chi connectivity index (χ2v) is 7.73. The molecule has 0 aromatic carbocycles. The zero-order chi connectivity index (χ0) is 21.8. The number of pyridine rings is 1. The molecular formula is C24H35N3O3. The van der Waals surface area contributed by atoms with Gasteiger partial charge in [0.05, 0.1) is 17.9 Å². The quantitative estimate of drug-likeness (QED) is 0.497. The molecule has 0 saturated carbocycles. The molecule has 0 atom stereocenters. The van der Waals surface area contributed by atoms with Crippen LogP contribution in [0.15, 0.2) is 12.1 Å². The molecule has 6 nitrogen and oxygen atoms in total. The highest BCUT2D eigenvalue weighted by atomic mass is 16.5. The van der Waals surface area contributed by atoms with Crippen LogP contribution in [0.4, 0.5) is 0 Å². The van der Waals surface area contributed by atoms with Crippen LogP contribution in [0.3, 0.4) is 0 Å². The first-order chi connectivity index (χ1) is 14.6. The summed E-state index contributed by atoms with van der Waals surface area (Å²) in [7, 11) is 0. The minimum Gasteiger partial charge on any atom is -0.380 e. The minimum absolute atomic E-state index is 0.0909. The van der Waals surface area contributed by atoms with Crippen molar-refractivity contribution < 1.29 is 14.3 Å². The van der Waals surface area contributed by atoms with E-state index in [4.69, 9.17) is 9.72 Å². The molecule has 6 heteroatoms. The number of rotatable bonds is 9. The highest BCUT2D eigenvalue weighted by Gasteiger charge is 2.27. The number of carbonyl (C=O) groups excluding carboxylic acids is 2. The van der Waals surface area contributed by atoms with Gasteiger partial charge in [-0.3, -0.25) is 14.6 Å². The second-order valence-electron chi connectivity index (χ2n) is 7.73. The van der Waals surface area contributed by atoms with Crippen molar-refractivity contribution in [1.29, 1.82) is 0 Å². The highest BCUT2D eigenvalue weighted by Crippen LogP contribution is 2.29. The molecule has 1 aliphatic rings. The van der Waals surface area contributed by atoms with E-state index in [0.29, 0.717) is 38.4 Å². The van der Waals surface area contributed by atoms with Crippen molar-refractivity contribution in [2.45, 2.75) is 65.2 Å². The van der Waals surface area contributed by atoms with Crippen LogP contribution in [0.2, 0.25) is 0 Å². The maximum atomic E-state index is 12.7. The van der Waals surface area contributed by atoms with Crippen molar-refractivity contribution in [2.75, 3.05) is 32.8 Å². The van der Waals surface area contributed by atoms with E-state index in [9.17, 15) is 9.59 Å². The van der Waals surface area contributed by atoms with Gasteiger partial charge in [-0.25, -0.2) is 0 Å². The summed E-state index contributed by atoms with van der Waals surface area (Å²) >= 11 is 0. The SMILES string of the molecule is CCCCC#CC(=O)N1CCC(c2nc(C)ccc2C(=O)NCCOCCC)CC1. The Morgan fingerprint density at radius 3 is 2.67 bits per heavy atom. The predicted molar refractivity (Wildman–Crippen MR) is 118 cm³/mol. The van der Waals surface area contributed by atoms with Crippen LogP contribution < -0.4 is 5.32 Å². The smallest absolute Gasteiger partial charge is 0.298 e. The monoisotopic (exact) mass is 413 g/mol. The number of nitrogens with zero attached hydrogens (tertiary/aromatic N) is 2. The predicted octanol–water partition coefficient (Wildman–Crippen LogP) is 3.45. The van der Waals surface area contributed by atoms with Gasteiger partial charge >= 0.3 is 0 Å². The number of nitrogens with one attached hydrogen (secondary N) is 1. The maximum absolute atomic E-state index is 12.7. The molecule has 1 aromatic rings. The fourth-order valence-corrected chi connectivity index (χ4v) is 3.50. The van der Waals surface area contributed by atoms with E-state index in [1.165, 1.54) is 0 Å². The van der Waals surface area contributed by atoms with E-state index >= 15 is 0 Å². The highest BCUT2D eigenvalue weighted by molar-refractivity contribution is 5.95. The van der Waals surface area contributed by atoms with E-state index < -0.39 is 0 Å². The van der Waals surface area contributed by atoms with Crippen LogP contribution >= 0.6 is 0 Å². The molecule has 1 fully saturated rings. The molecule has 30 heavy (non-hydrogen) atoms. The zero-order valence-electron chi connectivity index (χ0n) is 18.6. The van der Waals surface area contributed by atoms with Crippen LogP contribution in [-0.2, 0) is 9.53 Å². The summed E-state index contributed by atoms with van der Waals surface area (Å²) in [5, 5.41) is 2.93. The molecule has 1 N–H and O–H groups in total. The van der Waals surface area contributed by atoms with Gasteiger partial charge in [0.15, 0.2) is 0 Å². The van der Waals surface area contributed by atoms with Crippen molar-refractivity contribution in [1.82, 2.24) is 15.2 Å². The largest absolute Gasteiger partial charge is 0.380 e. The van der Waals surface area contributed by atoms with Gasteiger partial charge in [-0.15, -0.1) is 0 Å². The molecule has 0 aliphatic carbocycles. The van der Waals surface area contributed by atoms with E-state index in [1.807, 2.05) is 24.0 Å². The lowest BCUT2D eigenvalue weighted by Crippen LogP contribution is -2.38. The Morgan fingerprint density at radius 2 is 1.97 bits per heavy atom. The van der Waals surface area contributed by atoms with Crippen LogP contribution in [0.1, 0.15) is 80.0 Å². The van der Waals surface area contributed by atoms with Crippen LogP contribution in [0, 0.1) is 18.8 Å². The molecule has 164 valence electrons. The number of aryl methyl sites for hydroxylation is 1. The lowest BCUT2D eigenvalue weighted by Gasteiger charge is -2.31. The number of aromatic nitrogens is 1. The number of piperidine rings is 1. The first-order valence-electron chi connectivity index (χ1n) is 11.2. The zero-order valence-corrected chi connectivity index (χ0v) is 18.6. The molecule has 2 heterocycles. The van der Waals surface area contributed by atoms with E-state index in [1.54, 1.807) is 0 Å². The molecule has 1 aliphatic heterocycles. The van der Waals surface area contributed by atoms with Crippen molar-refractivity contribution in [3.63, 3.8) is 0 Å². The van der Waals surface area contributed by atoms with Crippen LogP contribution in [0.25, 0.3) is 0 Å². The molecule has 0 spiro atoms. The number of carbonyl (C=O) groups is 2. The number of likely N-dealkylation sites (tertiary alicyclic amines) is 1. The lowest BCUT2D eigenvalue weighted by molar-refractivity contribution is -0.126. The minimum atomic E-state index is -0.113. The molecule has 1 aromatic heterocycles. The number of amides is 2. The first-order valence-corrected chi connectivity index (χ1v) is 11.2. The molecule has 0 radical (unpaired) electrons.